The molecule has 3 nitrogen and oxygen atoms in total. The molecule has 156 valence electrons. The number of amides is 1. The van der Waals surface area contributed by atoms with Gasteiger partial charge in [-0.25, -0.2) is 0 Å². The SMILES string of the molecule is CCCCCCCCCCCCCCCCCCCC(=O)NCCNC. The van der Waals surface area contributed by atoms with Gasteiger partial charge in [0.2, 0.25) is 5.91 Å². The Kier molecular flexibility index (Phi) is 22.0. The van der Waals surface area contributed by atoms with E-state index in [1.54, 1.807) is 0 Å². The van der Waals surface area contributed by atoms with E-state index in [1.807, 2.05) is 7.05 Å². The minimum Gasteiger partial charge on any atom is -0.355 e. The van der Waals surface area contributed by atoms with Crippen molar-refractivity contribution in [1.29, 1.82) is 0 Å². The first-order valence-electron chi connectivity index (χ1n) is 11.7. The molecule has 0 heterocycles. The van der Waals surface area contributed by atoms with E-state index < -0.39 is 0 Å². The van der Waals surface area contributed by atoms with Crippen LogP contribution >= 0.6 is 0 Å². The molecule has 0 unspecified atom stereocenters. The molecule has 1 amide bonds. The average Bonchev–Trinajstić information content (AvgIpc) is 2.64. The molecule has 2 N–H and O–H groups in total. The van der Waals surface area contributed by atoms with E-state index in [9.17, 15) is 4.79 Å². The van der Waals surface area contributed by atoms with Crippen LogP contribution in [0.25, 0.3) is 0 Å². The zero-order chi connectivity index (χ0) is 19.1. The second-order valence-electron chi connectivity index (χ2n) is 7.86. The highest BCUT2D eigenvalue weighted by molar-refractivity contribution is 5.75. The van der Waals surface area contributed by atoms with Crippen LogP contribution in [0.2, 0.25) is 0 Å². The van der Waals surface area contributed by atoms with Gasteiger partial charge in [0.25, 0.3) is 0 Å². The molecule has 26 heavy (non-hydrogen) atoms. The lowest BCUT2D eigenvalue weighted by molar-refractivity contribution is -0.121. The van der Waals surface area contributed by atoms with Crippen molar-refractivity contribution in [3.8, 4) is 0 Å². The molecule has 0 bridgehead atoms. The van der Waals surface area contributed by atoms with Crippen LogP contribution in [0.4, 0.5) is 0 Å². The van der Waals surface area contributed by atoms with Gasteiger partial charge in [-0.3, -0.25) is 4.79 Å². The van der Waals surface area contributed by atoms with Gasteiger partial charge in [0.05, 0.1) is 0 Å². The molecule has 0 aromatic heterocycles. The van der Waals surface area contributed by atoms with Crippen molar-refractivity contribution in [2.24, 2.45) is 0 Å². The Balaban J connectivity index is 3.06. The summed E-state index contributed by atoms with van der Waals surface area (Å²) < 4.78 is 0. The zero-order valence-electron chi connectivity index (χ0n) is 18.1. The Labute approximate surface area is 164 Å². The van der Waals surface area contributed by atoms with E-state index in [0.29, 0.717) is 6.42 Å². The molecule has 0 rings (SSSR count). The third-order valence-electron chi connectivity index (χ3n) is 5.20. The van der Waals surface area contributed by atoms with E-state index in [0.717, 1.165) is 19.5 Å². The van der Waals surface area contributed by atoms with Gasteiger partial charge >= 0.3 is 0 Å². The Bertz CT molecular complexity index is 281. The predicted molar refractivity (Wildman–Crippen MR) is 116 cm³/mol. The van der Waals surface area contributed by atoms with E-state index in [4.69, 9.17) is 0 Å². The Morgan fingerprint density at radius 3 is 1.35 bits per heavy atom. The van der Waals surface area contributed by atoms with E-state index in [2.05, 4.69) is 17.6 Å². The fourth-order valence-electron chi connectivity index (χ4n) is 3.43. The van der Waals surface area contributed by atoms with Crippen LogP contribution in [0.1, 0.15) is 122 Å². The molecule has 0 atom stereocenters. The Morgan fingerprint density at radius 1 is 0.577 bits per heavy atom. The number of carbonyl (C=O) groups is 1. The van der Waals surface area contributed by atoms with Gasteiger partial charge in [0.15, 0.2) is 0 Å². The molecule has 0 saturated heterocycles. The van der Waals surface area contributed by atoms with Gasteiger partial charge in [-0.15, -0.1) is 0 Å². The summed E-state index contributed by atoms with van der Waals surface area (Å²) in [6.45, 7) is 3.88. The normalized spacial score (nSPS) is 11.0. The molecule has 0 aliphatic rings. The number of unbranched alkanes of at least 4 members (excludes halogenated alkanes) is 16. The highest BCUT2D eigenvalue weighted by Gasteiger charge is 2.00. The summed E-state index contributed by atoms with van der Waals surface area (Å²) in [4.78, 5) is 11.5. The predicted octanol–water partition coefficient (Wildman–Crippen LogP) is 6.36. The van der Waals surface area contributed by atoms with E-state index in [-0.39, 0.29) is 5.91 Å². The third-order valence-corrected chi connectivity index (χ3v) is 5.20. The van der Waals surface area contributed by atoms with Crippen molar-refractivity contribution in [2.75, 3.05) is 20.1 Å². The van der Waals surface area contributed by atoms with Crippen molar-refractivity contribution < 1.29 is 4.79 Å². The fourth-order valence-corrected chi connectivity index (χ4v) is 3.43. The number of hydrogen-bond donors (Lipinski definition) is 2. The standard InChI is InChI=1S/C23H48N2O/c1-3-4-5-6-7-8-9-10-11-12-13-14-15-16-17-18-19-20-23(26)25-22-21-24-2/h24H,3-22H2,1-2H3,(H,25,26). The summed E-state index contributed by atoms with van der Waals surface area (Å²) in [5.74, 6) is 0.209. The summed E-state index contributed by atoms with van der Waals surface area (Å²) >= 11 is 0. The van der Waals surface area contributed by atoms with Crippen LogP contribution in [-0.2, 0) is 4.79 Å². The van der Waals surface area contributed by atoms with Crippen molar-refractivity contribution in [2.45, 2.75) is 122 Å². The lowest BCUT2D eigenvalue weighted by Gasteiger charge is -2.05. The molecule has 0 spiro atoms. The van der Waals surface area contributed by atoms with Gasteiger partial charge in [-0.1, -0.05) is 110 Å². The molecule has 0 aromatic rings. The molecular formula is C23H48N2O. The maximum Gasteiger partial charge on any atom is 0.220 e. The van der Waals surface area contributed by atoms with Gasteiger partial charge in [0.1, 0.15) is 0 Å². The van der Waals surface area contributed by atoms with Crippen molar-refractivity contribution in [1.82, 2.24) is 10.6 Å². The number of hydrogen-bond acceptors (Lipinski definition) is 2. The minimum atomic E-state index is 0.209. The van der Waals surface area contributed by atoms with Crippen LogP contribution in [-0.4, -0.2) is 26.0 Å². The molecule has 0 aliphatic heterocycles. The topological polar surface area (TPSA) is 41.1 Å². The van der Waals surface area contributed by atoms with Crippen LogP contribution in [0.5, 0.6) is 0 Å². The molecule has 0 radical (unpaired) electrons. The maximum absolute atomic E-state index is 11.5. The summed E-state index contributed by atoms with van der Waals surface area (Å²) in [6.07, 6.45) is 24.2. The van der Waals surface area contributed by atoms with E-state index >= 15 is 0 Å². The highest BCUT2D eigenvalue weighted by Crippen LogP contribution is 2.14. The number of rotatable bonds is 21. The number of nitrogens with one attached hydrogen (secondary N) is 2. The average molecular weight is 369 g/mol. The van der Waals surface area contributed by atoms with Gasteiger partial charge in [-0.05, 0) is 13.5 Å². The first kappa shape index (κ1) is 25.4. The van der Waals surface area contributed by atoms with E-state index in [1.165, 1.54) is 103 Å². The van der Waals surface area contributed by atoms with Crippen LogP contribution in [0.15, 0.2) is 0 Å². The van der Waals surface area contributed by atoms with Crippen LogP contribution < -0.4 is 10.6 Å². The zero-order valence-corrected chi connectivity index (χ0v) is 18.1. The van der Waals surface area contributed by atoms with Crippen molar-refractivity contribution in [3.05, 3.63) is 0 Å². The number of likely N-dealkylation sites (N-methyl/N-ethyl adjacent to an activating group) is 1. The second-order valence-corrected chi connectivity index (χ2v) is 7.86. The first-order valence-corrected chi connectivity index (χ1v) is 11.7. The van der Waals surface area contributed by atoms with Crippen molar-refractivity contribution in [3.63, 3.8) is 0 Å². The van der Waals surface area contributed by atoms with Crippen molar-refractivity contribution >= 4 is 5.91 Å². The van der Waals surface area contributed by atoms with Crippen LogP contribution in [0, 0.1) is 0 Å². The summed E-state index contributed by atoms with van der Waals surface area (Å²) in [5, 5.41) is 5.97. The fraction of sp³-hybridized carbons (Fsp3) is 0.957. The number of carbonyl (C=O) groups excluding carboxylic acids is 1. The summed E-state index contributed by atoms with van der Waals surface area (Å²) in [5.41, 5.74) is 0. The Morgan fingerprint density at radius 2 is 0.962 bits per heavy atom. The molecule has 0 fully saturated rings. The first-order chi connectivity index (χ1) is 12.8. The largest absolute Gasteiger partial charge is 0.355 e. The molecule has 0 saturated carbocycles. The molecule has 3 heteroatoms. The minimum absolute atomic E-state index is 0.209. The monoisotopic (exact) mass is 368 g/mol. The lowest BCUT2D eigenvalue weighted by atomic mass is 10.0. The van der Waals surface area contributed by atoms with Crippen LogP contribution in [0.3, 0.4) is 0 Å². The Hall–Kier alpha value is -0.570. The van der Waals surface area contributed by atoms with Gasteiger partial charge in [-0.2, -0.15) is 0 Å². The molecule has 0 aliphatic carbocycles. The molecule has 0 aromatic carbocycles. The smallest absolute Gasteiger partial charge is 0.220 e. The highest BCUT2D eigenvalue weighted by atomic mass is 16.1. The lowest BCUT2D eigenvalue weighted by Crippen LogP contribution is -2.30. The van der Waals surface area contributed by atoms with Gasteiger partial charge in [0, 0.05) is 19.5 Å². The van der Waals surface area contributed by atoms with Gasteiger partial charge < -0.3 is 10.6 Å². The summed E-state index contributed by atoms with van der Waals surface area (Å²) in [6, 6.07) is 0. The quantitative estimate of drug-likeness (QED) is 0.231. The second kappa shape index (κ2) is 22.5. The maximum atomic E-state index is 11.5. The summed E-state index contributed by atoms with van der Waals surface area (Å²) in [7, 11) is 1.91. The third kappa shape index (κ3) is 21.5. The molecular weight excluding hydrogens is 320 g/mol.